The smallest absolute Gasteiger partial charge is 0.119 e. The fourth-order valence-corrected chi connectivity index (χ4v) is 2.52. The van der Waals surface area contributed by atoms with E-state index in [0.29, 0.717) is 13.2 Å². The van der Waals surface area contributed by atoms with E-state index >= 15 is 0 Å². The molecular weight excluding hydrogens is 242 g/mol. The van der Waals surface area contributed by atoms with Crippen molar-refractivity contribution >= 4 is 0 Å². The SMILES string of the molecule is NC1(CO)CCCC(OCCOc2ccccc2)C1. The summed E-state index contributed by atoms with van der Waals surface area (Å²) in [7, 11) is 0. The lowest BCUT2D eigenvalue weighted by Crippen LogP contribution is -2.49. The molecule has 0 aromatic heterocycles. The van der Waals surface area contributed by atoms with Crippen LogP contribution in [0.15, 0.2) is 30.3 Å². The third-order valence-corrected chi connectivity index (χ3v) is 3.60. The summed E-state index contributed by atoms with van der Waals surface area (Å²) in [6.07, 6.45) is 3.79. The van der Waals surface area contributed by atoms with Crippen LogP contribution in [0.25, 0.3) is 0 Å². The molecule has 1 fully saturated rings. The monoisotopic (exact) mass is 265 g/mol. The van der Waals surface area contributed by atoms with Gasteiger partial charge in [-0.15, -0.1) is 0 Å². The number of hydrogen-bond acceptors (Lipinski definition) is 4. The summed E-state index contributed by atoms with van der Waals surface area (Å²) in [5, 5.41) is 9.28. The second kappa shape index (κ2) is 6.89. The van der Waals surface area contributed by atoms with Crippen molar-refractivity contribution in [1.29, 1.82) is 0 Å². The Hall–Kier alpha value is -1.10. The Labute approximate surface area is 114 Å². The molecule has 0 bridgehead atoms. The first kappa shape index (κ1) is 14.3. The van der Waals surface area contributed by atoms with Gasteiger partial charge in [-0.1, -0.05) is 18.2 Å². The molecule has 1 aromatic carbocycles. The first-order chi connectivity index (χ1) is 9.22. The number of rotatable bonds is 6. The minimum atomic E-state index is -0.455. The van der Waals surface area contributed by atoms with Gasteiger partial charge < -0.3 is 20.3 Å². The maximum Gasteiger partial charge on any atom is 0.119 e. The second-order valence-electron chi connectivity index (χ2n) is 5.27. The average Bonchev–Trinajstić information content (AvgIpc) is 2.45. The zero-order valence-electron chi connectivity index (χ0n) is 11.3. The highest BCUT2D eigenvalue weighted by Crippen LogP contribution is 2.27. The highest BCUT2D eigenvalue weighted by Gasteiger charge is 2.32. The van der Waals surface area contributed by atoms with Gasteiger partial charge in [-0.05, 0) is 37.8 Å². The van der Waals surface area contributed by atoms with Gasteiger partial charge in [0.1, 0.15) is 12.4 Å². The van der Waals surface area contributed by atoms with E-state index in [0.717, 1.165) is 31.4 Å². The van der Waals surface area contributed by atoms with Crippen molar-refractivity contribution in [3.05, 3.63) is 30.3 Å². The summed E-state index contributed by atoms with van der Waals surface area (Å²) in [6.45, 7) is 1.13. The number of aliphatic hydroxyl groups excluding tert-OH is 1. The summed E-state index contributed by atoms with van der Waals surface area (Å²) >= 11 is 0. The third kappa shape index (κ3) is 4.49. The summed E-state index contributed by atoms with van der Waals surface area (Å²) in [5.74, 6) is 0.860. The third-order valence-electron chi connectivity index (χ3n) is 3.60. The molecule has 1 aliphatic carbocycles. The Morgan fingerprint density at radius 3 is 2.79 bits per heavy atom. The van der Waals surface area contributed by atoms with Crippen LogP contribution in [0, 0.1) is 0 Å². The summed E-state index contributed by atoms with van der Waals surface area (Å²) < 4.78 is 11.4. The summed E-state index contributed by atoms with van der Waals surface area (Å²) in [6, 6.07) is 9.71. The molecule has 0 amide bonds. The van der Waals surface area contributed by atoms with Gasteiger partial charge in [-0.25, -0.2) is 0 Å². The zero-order chi connectivity index (χ0) is 13.6. The fraction of sp³-hybridized carbons (Fsp3) is 0.600. The van der Waals surface area contributed by atoms with E-state index in [4.69, 9.17) is 15.2 Å². The topological polar surface area (TPSA) is 64.7 Å². The van der Waals surface area contributed by atoms with Crippen LogP contribution in [-0.4, -0.2) is 36.6 Å². The maximum atomic E-state index is 9.28. The van der Waals surface area contributed by atoms with E-state index in [1.54, 1.807) is 0 Å². The van der Waals surface area contributed by atoms with Crippen LogP contribution in [0.1, 0.15) is 25.7 Å². The van der Waals surface area contributed by atoms with Crippen LogP contribution >= 0.6 is 0 Å². The van der Waals surface area contributed by atoms with Crippen molar-refractivity contribution in [1.82, 2.24) is 0 Å². The first-order valence-corrected chi connectivity index (χ1v) is 6.91. The van der Waals surface area contributed by atoms with E-state index in [9.17, 15) is 5.11 Å². The molecule has 4 heteroatoms. The highest BCUT2D eigenvalue weighted by molar-refractivity contribution is 5.20. The van der Waals surface area contributed by atoms with Gasteiger partial charge in [0.2, 0.25) is 0 Å². The molecule has 2 unspecified atom stereocenters. The molecule has 0 spiro atoms. The van der Waals surface area contributed by atoms with Crippen LogP contribution in [-0.2, 0) is 4.74 Å². The fourth-order valence-electron chi connectivity index (χ4n) is 2.52. The van der Waals surface area contributed by atoms with Crippen molar-refractivity contribution in [2.75, 3.05) is 19.8 Å². The summed E-state index contributed by atoms with van der Waals surface area (Å²) in [4.78, 5) is 0. The van der Waals surface area contributed by atoms with Crippen LogP contribution in [0.5, 0.6) is 5.75 Å². The lowest BCUT2D eigenvalue weighted by molar-refractivity contribution is -0.0155. The number of aliphatic hydroxyl groups is 1. The first-order valence-electron chi connectivity index (χ1n) is 6.91. The molecule has 4 nitrogen and oxygen atoms in total. The van der Waals surface area contributed by atoms with E-state index < -0.39 is 5.54 Å². The van der Waals surface area contributed by atoms with Crippen molar-refractivity contribution in [2.45, 2.75) is 37.3 Å². The Kier molecular flexibility index (Phi) is 5.19. The lowest BCUT2D eigenvalue weighted by atomic mass is 9.81. The molecule has 0 radical (unpaired) electrons. The predicted octanol–water partition coefficient (Wildman–Crippen LogP) is 1.71. The van der Waals surface area contributed by atoms with Crippen molar-refractivity contribution in [3.63, 3.8) is 0 Å². The molecule has 19 heavy (non-hydrogen) atoms. The number of benzene rings is 1. The molecule has 1 saturated carbocycles. The van der Waals surface area contributed by atoms with Crippen LogP contribution < -0.4 is 10.5 Å². The maximum absolute atomic E-state index is 9.28. The van der Waals surface area contributed by atoms with Gasteiger partial charge in [-0.2, -0.15) is 0 Å². The van der Waals surface area contributed by atoms with Gasteiger partial charge in [0.25, 0.3) is 0 Å². The van der Waals surface area contributed by atoms with Crippen molar-refractivity contribution in [2.24, 2.45) is 5.73 Å². The van der Waals surface area contributed by atoms with Gasteiger partial charge >= 0.3 is 0 Å². The summed E-state index contributed by atoms with van der Waals surface area (Å²) in [5.41, 5.74) is 5.63. The molecule has 106 valence electrons. The van der Waals surface area contributed by atoms with Gasteiger partial charge in [0.05, 0.1) is 19.3 Å². The van der Waals surface area contributed by atoms with Crippen LogP contribution in [0.4, 0.5) is 0 Å². The Bertz CT molecular complexity index is 371. The van der Waals surface area contributed by atoms with E-state index in [1.165, 1.54) is 0 Å². The normalized spacial score (nSPS) is 27.2. The Balaban J connectivity index is 1.66. The molecule has 3 N–H and O–H groups in total. The standard InChI is InChI=1S/C15H23NO3/c16-15(12-17)8-4-7-14(11-15)19-10-9-18-13-5-2-1-3-6-13/h1-3,5-6,14,17H,4,7-12,16H2. The molecule has 2 atom stereocenters. The van der Waals surface area contributed by atoms with Crippen LogP contribution in [0.2, 0.25) is 0 Å². The molecule has 2 rings (SSSR count). The molecule has 0 heterocycles. The molecular formula is C15H23NO3. The predicted molar refractivity (Wildman–Crippen MR) is 74.1 cm³/mol. The molecule has 1 aliphatic rings. The van der Waals surface area contributed by atoms with E-state index in [-0.39, 0.29) is 12.7 Å². The minimum absolute atomic E-state index is 0.0351. The van der Waals surface area contributed by atoms with Crippen LogP contribution in [0.3, 0.4) is 0 Å². The lowest BCUT2D eigenvalue weighted by Gasteiger charge is -2.36. The average molecular weight is 265 g/mol. The largest absolute Gasteiger partial charge is 0.491 e. The number of ether oxygens (including phenoxy) is 2. The van der Waals surface area contributed by atoms with Crippen molar-refractivity contribution in [3.8, 4) is 5.75 Å². The second-order valence-corrected chi connectivity index (χ2v) is 5.27. The number of nitrogens with two attached hydrogens (primary N) is 1. The molecule has 0 saturated heterocycles. The Morgan fingerprint density at radius 1 is 1.26 bits per heavy atom. The van der Waals surface area contributed by atoms with Crippen molar-refractivity contribution < 1.29 is 14.6 Å². The van der Waals surface area contributed by atoms with Gasteiger partial charge in [0, 0.05) is 5.54 Å². The molecule has 0 aliphatic heterocycles. The zero-order valence-corrected chi connectivity index (χ0v) is 11.3. The van der Waals surface area contributed by atoms with E-state index in [2.05, 4.69) is 0 Å². The van der Waals surface area contributed by atoms with Gasteiger partial charge in [-0.3, -0.25) is 0 Å². The van der Waals surface area contributed by atoms with E-state index in [1.807, 2.05) is 30.3 Å². The highest BCUT2D eigenvalue weighted by atomic mass is 16.5. The van der Waals surface area contributed by atoms with Gasteiger partial charge in [0.15, 0.2) is 0 Å². The quantitative estimate of drug-likeness (QED) is 0.769. The Morgan fingerprint density at radius 2 is 2.05 bits per heavy atom. The minimum Gasteiger partial charge on any atom is -0.491 e. The number of hydrogen-bond donors (Lipinski definition) is 2. The molecule has 1 aromatic rings. The number of para-hydroxylation sites is 1.